The summed E-state index contributed by atoms with van der Waals surface area (Å²) in [7, 11) is -1.40. The lowest BCUT2D eigenvalue weighted by molar-refractivity contribution is -0.121. The molecule has 0 aromatic heterocycles. The summed E-state index contributed by atoms with van der Waals surface area (Å²) >= 11 is 0. The van der Waals surface area contributed by atoms with Gasteiger partial charge < -0.3 is 0 Å². The fraction of sp³-hybridized carbons (Fsp3) is 0.667. The highest BCUT2D eigenvalue weighted by Crippen LogP contribution is 2.37. The zero-order chi connectivity index (χ0) is 17.9. The fourth-order valence-corrected chi connectivity index (χ4v) is 3.44. The first kappa shape index (κ1) is 20.2. The Morgan fingerprint density at radius 2 is 1.39 bits per heavy atom. The molecule has 130 valence electrons. The van der Waals surface area contributed by atoms with Gasteiger partial charge in [-0.3, -0.25) is 4.79 Å². The lowest BCUT2D eigenvalue weighted by Crippen LogP contribution is -2.34. The Balaban J connectivity index is 3.03. The summed E-state index contributed by atoms with van der Waals surface area (Å²) in [6.07, 6.45) is 11.0. The molecule has 0 spiro atoms. The van der Waals surface area contributed by atoms with Crippen molar-refractivity contribution in [2.75, 3.05) is 0 Å². The molecule has 0 radical (unpaired) electrons. The minimum atomic E-state index is -1.40. The predicted octanol–water partition coefficient (Wildman–Crippen LogP) is 6.63. The molecular weight excluding hydrogens is 296 g/mol. The van der Waals surface area contributed by atoms with Crippen LogP contribution >= 0.6 is 0 Å². The molecule has 0 saturated heterocycles. The van der Waals surface area contributed by atoms with Crippen LogP contribution in [0.15, 0.2) is 35.1 Å². The molecule has 1 aliphatic carbocycles. The Bertz CT molecular complexity index is 519. The molecule has 1 aliphatic rings. The number of rotatable bonds is 4. The monoisotopic (exact) mass is 332 g/mol. The normalized spacial score (nSPS) is 18.3. The van der Waals surface area contributed by atoms with Gasteiger partial charge in [0.05, 0.1) is 8.07 Å². The Hall–Kier alpha value is -0.893. The van der Waals surface area contributed by atoms with Crippen molar-refractivity contribution in [3.8, 4) is 0 Å². The van der Waals surface area contributed by atoms with Crippen molar-refractivity contribution in [1.29, 1.82) is 0 Å². The molecule has 1 nitrogen and oxygen atoms in total. The van der Waals surface area contributed by atoms with Gasteiger partial charge in [-0.2, -0.15) is 0 Å². The van der Waals surface area contributed by atoms with Crippen LogP contribution in [0.5, 0.6) is 0 Å². The zero-order valence-corrected chi connectivity index (χ0v) is 17.5. The van der Waals surface area contributed by atoms with Crippen molar-refractivity contribution in [2.45, 2.75) is 85.4 Å². The highest BCUT2D eigenvalue weighted by atomic mass is 28.3. The summed E-state index contributed by atoms with van der Waals surface area (Å²) < 4.78 is 0. The molecular formula is C21H36OSi. The van der Waals surface area contributed by atoms with Gasteiger partial charge in [-0.05, 0) is 47.9 Å². The molecule has 23 heavy (non-hydrogen) atoms. The maximum atomic E-state index is 12.1. The van der Waals surface area contributed by atoms with Crippen molar-refractivity contribution in [3.63, 3.8) is 0 Å². The number of hydrogen-bond donors (Lipinski definition) is 0. The van der Waals surface area contributed by atoms with Crippen LogP contribution in [0.1, 0.15) is 67.2 Å². The van der Waals surface area contributed by atoms with E-state index in [4.69, 9.17) is 0 Å². The molecule has 0 aromatic rings. The SMILES string of the molecule is CC(C)(C)C(=O)/C=C/C1=C(/C=C/[Si](C)(C)C(C)(C)C)CCCC1. The topological polar surface area (TPSA) is 17.1 Å². The molecule has 0 saturated carbocycles. The highest BCUT2D eigenvalue weighted by molar-refractivity contribution is 6.84. The van der Waals surface area contributed by atoms with Gasteiger partial charge in [0.2, 0.25) is 0 Å². The van der Waals surface area contributed by atoms with E-state index in [0.29, 0.717) is 5.04 Å². The molecule has 0 fully saturated rings. The minimum Gasteiger partial charge on any atom is -0.294 e. The van der Waals surface area contributed by atoms with Crippen LogP contribution in [0.3, 0.4) is 0 Å². The second-order valence-electron chi connectivity index (χ2n) is 9.51. The third-order valence-corrected chi connectivity index (χ3v) is 10.2. The Morgan fingerprint density at radius 3 is 1.83 bits per heavy atom. The number of carbonyl (C=O) groups excluding carboxylic acids is 1. The van der Waals surface area contributed by atoms with Gasteiger partial charge in [0, 0.05) is 5.41 Å². The Labute approximate surface area is 145 Å². The average Bonchev–Trinajstić information content (AvgIpc) is 2.41. The number of ketones is 1. The van der Waals surface area contributed by atoms with Crippen molar-refractivity contribution in [2.24, 2.45) is 5.41 Å². The average molecular weight is 333 g/mol. The fourth-order valence-electron chi connectivity index (χ4n) is 2.32. The van der Waals surface area contributed by atoms with Crippen LogP contribution in [0.2, 0.25) is 18.1 Å². The van der Waals surface area contributed by atoms with E-state index in [9.17, 15) is 4.79 Å². The van der Waals surface area contributed by atoms with E-state index in [1.807, 2.05) is 20.8 Å². The molecule has 2 heteroatoms. The lowest BCUT2D eigenvalue weighted by atomic mass is 9.88. The zero-order valence-electron chi connectivity index (χ0n) is 16.5. The molecule has 0 aromatic carbocycles. The van der Waals surface area contributed by atoms with E-state index in [0.717, 1.165) is 12.8 Å². The first-order chi connectivity index (χ1) is 10.3. The van der Waals surface area contributed by atoms with Crippen LogP contribution < -0.4 is 0 Å². The van der Waals surface area contributed by atoms with Gasteiger partial charge in [-0.25, -0.2) is 0 Å². The van der Waals surface area contributed by atoms with Crippen molar-refractivity contribution in [3.05, 3.63) is 35.1 Å². The standard InChI is InChI=1S/C21H36OSi/c1-20(2,3)19(22)14-13-17-11-9-10-12-18(17)15-16-23(7,8)21(4,5)6/h13-16H,9-12H2,1-8H3/b14-13+,16-15+. The van der Waals surface area contributed by atoms with E-state index in [1.54, 1.807) is 6.08 Å². The smallest absolute Gasteiger partial charge is 0.160 e. The van der Waals surface area contributed by atoms with Gasteiger partial charge >= 0.3 is 0 Å². The van der Waals surface area contributed by atoms with E-state index in [-0.39, 0.29) is 11.2 Å². The molecule has 0 N–H and O–H groups in total. The quantitative estimate of drug-likeness (QED) is 0.417. The highest BCUT2D eigenvalue weighted by Gasteiger charge is 2.32. The van der Waals surface area contributed by atoms with Crippen molar-refractivity contribution >= 4 is 13.9 Å². The van der Waals surface area contributed by atoms with E-state index in [1.165, 1.54) is 24.0 Å². The summed E-state index contributed by atoms with van der Waals surface area (Å²) in [6.45, 7) is 17.9. The van der Waals surface area contributed by atoms with Gasteiger partial charge in [-0.15, -0.1) is 0 Å². The number of hydrogen-bond acceptors (Lipinski definition) is 1. The Morgan fingerprint density at radius 1 is 0.913 bits per heavy atom. The lowest BCUT2D eigenvalue weighted by Gasteiger charge is -2.34. The molecule has 0 aliphatic heterocycles. The summed E-state index contributed by atoms with van der Waals surface area (Å²) in [5, 5.41) is 0.372. The summed E-state index contributed by atoms with van der Waals surface area (Å²) in [5.74, 6) is 0.211. The Kier molecular flexibility index (Phi) is 6.43. The molecule has 0 atom stereocenters. The van der Waals surface area contributed by atoms with Crippen LogP contribution in [-0.2, 0) is 4.79 Å². The van der Waals surface area contributed by atoms with Gasteiger partial charge in [0.15, 0.2) is 5.78 Å². The van der Waals surface area contributed by atoms with Crippen LogP contribution in [0.25, 0.3) is 0 Å². The summed E-state index contributed by atoms with van der Waals surface area (Å²) in [4.78, 5) is 12.1. The summed E-state index contributed by atoms with van der Waals surface area (Å²) in [5.41, 5.74) is 5.01. The molecule has 0 amide bonds. The van der Waals surface area contributed by atoms with Crippen LogP contribution in [0.4, 0.5) is 0 Å². The second kappa shape index (κ2) is 7.34. The molecule has 0 unspecified atom stereocenters. The van der Waals surface area contributed by atoms with Crippen LogP contribution in [0, 0.1) is 5.41 Å². The van der Waals surface area contributed by atoms with Crippen LogP contribution in [-0.4, -0.2) is 13.9 Å². The number of allylic oxidation sites excluding steroid dienone is 5. The largest absolute Gasteiger partial charge is 0.294 e. The third kappa shape index (κ3) is 5.91. The van der Waals surface area contributed by atoms with Crippen molar-refractivity contribution in [1.82, 2.24) is 0 Å². The van der Waals surface area contributed by atoms with E-state index >= 15 is 0 Å². The maximum Gasteiger partial charge on any atom is 0.160 e. The van der Waals surface area contributed by atoms with Gasteiger partial charge in [-0.1, -0.05) is 72.5 Å². The second-order valence-corrected chi connectivity index (χ2v) is 14.8. The number of carbonyl (C=O) groups is 1. The van der Waals surface area contributed by atoms with E-state index < -0.39 is 8.07 Å². The first-order valence-electron chi connectivity index (χ1n) is 8.98. The predicted molar refractivity (Wildman–Crippen MR) is 105 cm³/mol. The molecule has 0 bridgehead atoms. The maximum absolute atomic E-state index is 12.1. The first-order valence-corrected chi connectivity index (χ1v) is 12.1. The van der Waals surface area contributed by atoms with Gasteiger partial charge in [0.25, 0.3) is 0 Å². The van der Waals surface area contributed by atoms with Gasteiger partial charge in [0.1, 0.15) is 0 Å². The molecule has 0 heterocycles. The molecule has 1 rings (SSSR count). The third-order valence-electron chi connectivity index (χ3n) is 5.36. The van der Waals surface area contributed by atoms with E-state index in [2.05, 4.69) is 51.7 Å². The minimum absolute atomic E-state index is 0.211. The summed E-state index contributed by atoms with van der Waals surface area (Å²) in [6, 6.07) is 0. The van der Waals surface area contributed by atoms with Crippen molar-refractivity contribution < 1.29 is 4.79 Å².